The van der Waals surface area contributed by atoms with Crippen LogP contribution in [0.3, 0.4) is 0 Å². The Labute approximate surface area is 108 Å². The highest BCUT2D eigenvalue weighted by atomic mass is 35.5. The smallest absolute Gasteiger partial charge is 0.243 e. The van der Waals surface area contributed by atoms with Gasteiger partial charge in [-0.15, -0.1) is 12.4 Å². The van der Waals surface area contributed by atoms with E-state index in [0.29, 0.717) is 18.0 Å². The van der Waals surface area contributed by atoms with Crippen molar-refractivity contribution in [3.63, 3.8) is 0 Å². The van der Waals surface area contributed by atoms with E-state index in [1.165, 1.54) is 4.31 Å². The molecule has 0 bridgehead atoms. The van der Waals surface area contributed by atoms with Gasteiger partial charge in [0.2, 0.25) is 10.0 Å². The van der Waals surface area contributed by atoms with Crippen LogP contribution in [0.15, 0.2) is 35.2 Å². The molecule has 6 heteroatoms. The van der Waals surface area contributed by atoms with Crippen LogP contribution in [0.2, 0.25) is 0 Å². The lowest BCUT2D eigenvalue weighted by molar-refractivity contribution is 0.316. The van der Waals surface area contributed by atoms with E-state index in [9.17, 15) is 8.42 Å². The maximum atomic E-state index is 12.2. The molecule has 1 aromatic rings. The molecule has 1 heterocycles. The number of halogens is 1. The zero-order valence-electron chi connectivity index (χ0n) is 9.45. The lowest BCUT2D eigenvalue weighted by Gasteiger charge is -2.29. The molecule has 0 amide bonds. The van der Waals surface area contributed by atoms with Crippen molar-refractivity contribution < 1.29 is 8.42 Å². The van der Waals surface area contributed by atoms with Gasteiger partial charge in [-0.2, -0.15) is 4.31 Å². The molecule has 96 valence electrons. The Hall–Kier alpha value is -0.620. The summed E-state index contributed by atoms with van der Waals surface area (Å²) in [6.07, 6.45) is 1.74. The van der Waals surface area contributed by atoms with E-state index < -0.39 is 10.0 Å². The number of hydrogen-bond donors (Lipinski definition) is 1. The maximum Gasteiger partial charge on any atom is 0.243 e. The molecule has 17 heavy (non-hydrogen) atoms. The Kier molecular flexibility index (Phi) is 4.94. The van der Waals surface area contributed by atoms with Crippen molar-refractivity contribution in [1.82, 2.24) is 4.31 Å². The first kappa shape index (κ1) is 14.4. The molecule has 0 aromatic heterocycles. The van der Waals surface area contributed by atoms with Crippen LogP contribution in [0.1, 0.15) is 12.8 Å². The van der Waals surface area contributed by atoms with Crippen molar-refractivity contribution in [2.24, 2.45) is 5.73 Å². The van der Waals surface area contributed by atoms with Crippen LogP contribution in [-0.4, -0.2) is 31.9 Å². The molecule has 4 nitrogen and oxygen atoms in total. The highest BCUT2D eigenvalue weighted by Gasteiger charge is 2.28. The Bertz CT molecular complexity index is 450. The molecule has 1 saturated heterocycles. The summed E-state index contributed by atoms with van der Waals surface area (Å²) in [7, 11) is -3.34. The van der Waals surface area contributed by atoms with Crippen LogP contribution in [-0.2, 0) is 10.0 Å². The van der Waals surface area contributed by atoms with Gasteiger partial charge in [0.15, 0.2) is 0 Å². The van der Waals surface area contributed by atoms with Crippen LogP contribution in [0.4, 0.5) is 0 Å². The minimum absolute atomic E-state index is 0. The molecular weight excluding hydrogens is 260 g/mol. The van der Waals surface area contributed by atoms with Gasteiger partial charge >= 0.3 is 0 Å². The zero-order valence-corrected chi connectivity index (χ0v) is 11.1. The van der Waals surface area contributed by atoms with Crippen molar-refractivity contribution in [2.45, 2.75) is 23.8 Å². The first-order chi connectivity index (χ1) is 7.60. The SMILES string of the molecule is Cl.NC1CCCN(S(=O)(=O)c2ccccc2)C1. The second-order valence-corrected chi connectivity index (χ2v) is 6.02. The standard InChI is InChI=1S/C11H16N2O2S.ClH/c12-10-5-4-8-13(9-10)16(14,15)11-6-2-1-3-7-11;/h1-3,6-7,10H,4-5,8-9,12H2;1H. The normalized spacial score (nSPS) is 21.8. The van der Waals surface area contributed by atoms with Gasteiger partial charge in [0.05, 0.1) is 4.90 Å². The summed E-state index contributed by atoms with van der Waals surface area (Å²) in [6.45, 7) is 1.00. The van der Waals surface area contributed by atoms with Crippen molar-refractivity contribution in [2.75, 3.05) is 13.1 Å². The molecular formula is C11H17ClN2O2S. The van der Waals surface area contributed by atoms with Gasteiger partial charge in [0.1, 0.15) is 0 Å². The average Bonchev–Trinajstić information content (AvgIpc) is 2.30. The molecule has 0 spiro atoms. The van der Waals surface area contributed by atoms with Crippen molar-refractivity contribution in [1.29, 1.82) is 0 Å². The molecule has 1 atom stereocenters. The highest BCUT2D eigenvalue weighted by molar-refractivity contribution is 7.89. The molecule has 0 saturated carbocycles. The van der Waals surface area contributed by atoms with Crippen LogP contribution < -0.4 is 5.73 Å². The molecule has 0 radical (unpaired) electrons. The third-order valence-electron chi connectivity index (χ3n) is 2.80. The number of nitrogens with zero attached hydrogens (tertiary/aromatic N) is 1. The van der Waals surface area contributed by atoms with E-state index >= 15 is 0 Å². The summed E-state index contributed by atoms with van der Waals surface area (Å²) in [6, 6.07) is 8.48. The third-order valence-corrected chi connectivity index (χ3v) is 4.68. The summed E-state index contributed by atoms with van der Waals surface area (Å²) in [5.41, 5.74) is 5.79. The number of hydrogen-bond acceptors (Lipinski definition) is 3. The molecule has 1 aromatic carbocycles. The van der Waals surface area contributed by atoms with Crippen molar-refractivity contribution in [3.05, 3.63) is 30.3 Å². The maximum absolute atomic E-state index is 12.2. The fourth-order valence-electron chi connectivity index (χ4n) is 1.93. The first-order valence-electron chi connectivity index (χ1n) is 5.41. The first-order valence-corrected chi connectivity index (χ1v) is 6.85. The molecule has 1 aliphatic rings. The molecule has 1 aliphatic heterocycles. The number of rotatable bonds is 2. The van der Waals surface area contributed by atoms with E-state index in [-0.39, 0.29) is 18.4 Å². The second-order valence-electron chi connectivity index (χ2n) is 4.08. The van der Waals surface area contributed by atoms with Gasteiger partial charge in [0.25, 0.3) is 0 Å². The highest BCUT2D eigenvalue weighted by Crippen LogP contribution is 2.19. The van der Waals surface area contributed by atoms with E-state index in [4.69, 9.17) is 5.73 Å². The third kappa shape index (κ3) is 3.19. The van der Waals surface area contributed by atoms with E-state index in [2.05, 4.69) is 0 Å². The van der Waals surface area contributed by atoms with Gasteiger partial charge in [0, 0.05) is 19.1 Å². The van der Waals surface area contributed by atoms with E-state index in [0.717, 1.165) is 12.8 Å². The Morgan fingerprint density at radius 2 is 1.88 bits per heavy atom. The van der Waals surface area contributed by atoms with Crippen molar-refractivity contribution >= 4 is 22.4 Å². The minimum Gasteiger partial charge on any atom is -0.327 e. The van der Waals surface area contributed by atoms with E-state index in [1.54, 1.807) is 30.3 Å². The minimum atomic E-state index is -3.34. The predicted octanol–water partition coefficient (Wildman–Crippen LogP) is 1.22. The van der Waals surface area contributed by atoms with Crippen LogP contribution in [0, 0.1) is 0 Å². The van der Waals surface area contributed by atoms with Crippen molar-refractivity contribution in [3.8, 4) is 0 Å². The average molecular weight is 277 g/mol. The monoisotopic (exact) mass is 276 g/mol. The summed E-state index contributed by atoms with van der Waals surface area (Å²) in [5, 5.41) is 0. The molecule has 2 N–H and O–H groups in total. The fourth-order valence-corrected chi connectivity index (χ4v) is 3.49. The van der Waals surface area contributed by atoms with Crippen LogP contribution in [0.25, 0.3) is 0 Å². The summed E-state index contributed by atoms with van der Waals surface area (Å²) in [5.74, 6) is 0. The Morgan fingerprint density at radius 1 is 1.24 bits per heavy atom. The Balaban J connectivity index is 0.00000144. The van der Waals surface area contributed by atoms with Gasteiger partial charge in [-0.3, -0.25) is 0 Å². The largest absolute Gasteiger partial charge is 0.327 e. The van der Waals surface area contributed by atoms with Gasteiger partial charge in [-0.05, 0) is 25.0 Å². The quantitative estimate of drug-likeness (QED) is 0.883. The summed E-state index contributed by atoms with van der Waals surface area (Å²) in [4.78, 5) is 0.351. The molecule has 2 rings (SSSR count). The Morgan fingerprint density at radius 3 is 2.47 bits per heavy atom. The lowest BCUT2D eigenvalue weighted by Crippen LogP contribution is -2.45. The number of piperidine rings is 1. The molecule has 0 aliphatic carbocycles. The number of benzene rings is 1. The lowest BCUT2D eigenvalue weighted by atomic mass is 10.1. The van der Waals surface area contributed by atoms with Gasteiger partial charge in [-0.1, -0.05) is 18.2 Å². The second kappa shape index (κ2) is 5.82. The fraction of sp³-hybridized carbons (Fsp3) is 0.455. The number of sulfonamides is 1. The topological polar surface area (TPSA) is 63.4 Å². The zero-order chi connectivity index (χ0) is 11.6. The number of nitrogens with two attached hydrogens (primary N) is 1. The van der Waals surface area contributed by atoms with Crippen LogP contribution in [0.5, 0.6) is 0 Å². The predicted molar refractivity (Wildman–Crippen MR) is 69.7 cm³/mol. The van der Waals surface area contributed by atoms with Crippen LogP contribution >= 0.6 is 12.4 Å². The molecule has 1 fully saturated rings. The van der Waals surface area contributed by atoms with E-state index in [1.807, 2.05) is 0 Å². The molecule has 1 unspecified atom stereocenters. The summed E-state index contributed by atoms with van der Waals surface area (Å²) < 4.78 is 25.9. The van der Waals surface area contributed by atoms with Gasteiger partial charge in [-0.25, -0.2) is 8.42 Å². The van der Waals surface area contributed by atoms with Gasteiger partial charge < -0.3 is 5.73 Å². The summed E-state index contributed by atoms with van der Waals surface area (Å²) >= 11 is 0.